The summed E-state index contributed by atoms with van der Waals surface area (Å²) in [6.45, 7) is 12.6. The topological polar surface area (TPSA) is 406 Å². The normalized spacial score (nSPS) is 26.6. The van der Waals surface area contributed by atoms with Crippen molar-refractivity contribution >= 4 is 51.9 Å². The fourth-order valence-corrected chi connectivity index (χ4v) is 16.5. The first kappa shape index (κ1) is 74.3. The number of rotatable bonds is 19. The molecule has 3 saturated heterocycles. The van der Waals surface area contributed by atoms with Crippen LogP contribution >= 0.6 is 0 Å². The minimum atomic E-state index is -4.07. The molecule has 0 radical (unpaired) electrons. The summed E-state index contributed by atoms with van der Waals surface area (Å²) in [6.07, 6.45) is -16.5. The number of nitrogens with one attached hydrogen (secondary N) is 2. The lowest BCUT2D eigenvalue weighted by Gasteiger charge is -2.65. The van der Waals surface area contributed by atoms with Crippen LogP contribution in [0.1, 0.15) is 120 Å². The molecule has 8 N–H and O–H groups in total. The van der Waals surface area contributed by atoms with E-state index in [-0.39, 0.29) is 103 Å². The summed E-state index contributed by atoms with van der Waals surface area (Å²) in [6, 6.07) is 23.5. The number of Topliss-reactive ketones (excluding diaryl/α,β-unsaturated/α-hetero) is 1. The maximum atomic E-state index is 15.3. The maximum absolute atomic E-state index is 15.3. The molecule has 3 aliphatic carbocycles. The van der Waals surface area contributed by atoms with Gasteiger partial charge in [-0.25, -0.2) is 28.8 Å². The van der Waals surface area contributed by atoms with Crippen molar-refractivity contribution in [2.24, 2.45) is 11.3 Å². The Kier molecular flexibility index (Phi) is 21.2. The Morgan fingerprint density at radius 3 is 2.07 bits per heavy atom. The zero-order valence-electron chi connectivity index (χ0n) is 57.7. The first-order valence-corrected chi connectivity index (χ1v) is 35.1. The number of ketones is 1. The number of phenolic OH excluding ortho intramolecular Hbond substituents is 2. The largest absolute Gasteiger partial charge is 0.508 e. The van der Waals surface area contributed by atoms with E-state index in [9.17, 15) is 67.8 Å². The number of hydrogen-bond donors (Lipinski definition) is 8. The Labute approximate surface area is 587 Å². The number of aliphatic hydroxyl groups excluding tert-OH is 3. The lowest BCUT2D eigenvalue weighted by atomic mass is 9.48. The third kappa shape index (κ3) is 14.7. The minimum Gasteiger partial charge on any atom is -0.508 e. The van der Waals surface area contributed by atoms with E-state index in [0.29, 0.717) is 30.9 Å². The zero-order chi connectivity index (χ0) is 73.7. The molecule has 0 spiro atoms. The van der Waals surface area contributed by atoms with Crippen molar-refractivity contribution in [2.75, 3.05) is 59.0 Å². The van der Waals surface area contributed by atoms with E-state index in [1.165, 1.54) is 62.3 Å². The summed E-state index contributed by atoms with van der Waals surface area (Å²) in [7, 11) is -4.07. The van der Waals surface area contributed by atoms with Crippen molar-refractivity contribution in [3.8, 4) is 28.6 Å². The first-order chi connectivity index (χ1) is 48.1. The molecule has 5 fully saturated rings. The van der Waals surface area contributed by atoms with Gasteiger partial charge in [0.25, 0.3) is 16.1 Å². The Morgan fingerprint density at radius 1 is 0.843 bits per heavy atom. The number of aliphatic hydroxyl groups is 4. The van der Waals surface area contributed by atoms with Crippen LogP contribution < -0.4 is 11.0 Å². The van der Waals surface area contributed by atoms with Crippen molar-refractivity contribution in [3.63, 3.8) is 0 Å². The highest BCUT2D eigenvalue weighted by molar-refractivity contribution is 7.86. The molecular formula is C71H86N8O22S. The summed E-state index contributed by atoms with van der Waals surface area (Å²) >= 11 is 0. The van der Waals surface area contributed by atoms with E-state index in [1.807, 2.05) is 26.0 Å². The molecule has 1 aromatic heterocycles. The zero-order valence-corrected chi connectivity index (χ0v) is 58.5. The molecule has 2 bridgehead atoms. The van der Waals surface area contributed by atoms with Gasteiger partial charge in [0.2, 0.25) is 6.10 Å². The molecule has 0 unspecified atom stereocenters. The first-order valence-electron chi connectivity index (χ1n) is 33.8. The lowest BCUT2D eigenvalue weighted by Crippen LogP contribution is -2.80. The van der Waals surface area contributed by atoms with Gasteiger partial charge in [-0.2, -0.15) is 22.1 Å². The van der Waals surface area contributed by atoms with Crippen LogP contribution in [0.4, 0.5) is 4.79 Å². The van der Waals surface area contributed by atoms with Crippen molar-refractivity contribution in [3.05, 3.63) is 141 Å². The fourth-order valence-electron chi connectivity index (χ4n) is 14.9. The molecule has 6 aliphatic rings. The fraction of sp³-hybridized carbons (Fsp3) is 0.507. The number of amides is 2. The average molecular weight is 1440 g/mol. The van der Waals surface area contributed by atoms with Gasteiger partial charge in [-0.15, -0.1) is 0 Å². The van der Waals surface area contributed by atoms with Gasteiger partial charge >= 0.3 is 35.7 Å². The van der Waals surface area contributed by atoms with E-state index in [2.05, 4.69) is 20.4 Å². The van der Waals surface area contributed by atoms with E-state index in [4.69, 9.17) is 28.4 Å². The number of carbonyl (C=O) groups is 7. The van der Waals surface area contributed by atoms with Gasteiger partial charge in [0.1, 0.15) is 59.3 Å². The van der Waals surface area contributed by atoms with Gasteiger partial charge in [0, 0.05) is 91.2 Å². The Hall–Kier alpha value is -8.92. The van der Waals surface area contributed by atoms with Gasteiger partial charge in [-0.1, -0.05) is 74.5 Å². The Bertz CT molecular complexity index is 4220. The number of alkyl carbamates (subject to hydrolysis) is 1. The summed E-state index contributed by atoms with van der Waals surface area (Å²) in [5, 5.41) is 79.6. The Morgan fingerprint density at radius 2 is 1.47 bits per heavy atom. The number of hydrogen-bond acceptors (Lipinski definition) is 24. The molecule has 2 saturated carbocycles. The molecular weight excluding hydrogens is 1350 g/mol. The van der Waals surface area contributed by atoms with Gasteiger partial charge in [0.05, 0.1) is 47.3 Å². The number of carbonyl (C=O) groups excluding carboxylic acids is 7. The van der Waals surface area contributed by atoms with Gasteiger partial charge in [-0.3, -0.25) is 24.1 Å². The highest BCUT2D eigenvalue weighted by Gasteiger charge is 2.76. The number of H-pyrrole nitrogens is 1. The lowest BCUT2D eigenvalue weighted by molar-refractivity contribution is -0.340. The number of ether oxygens (including phenoxy) is 6. The quantitative estimate of drug-likeness (QED) is 0.0334. The second kappa shape index (κ2) is 29.1. The summed E-state index contributed by atoms with van der Waals surface area (Å²) in [5.41, 5.74) is -5.99. The molecule has 4 heterocycles. The Balaban J connectivity index is 0.774. The number of phenols is 2. The molecule has 2 amide bonds. The molecule has 5 aromatic rings. The van der Waals surface area contributed by atoms with Gasteiger partial charge in [-0.05, 0) is 98.7 Å². The number of aromatic amines is 1. The van der Waals surface area contributed by atoms with Crippen LogP contribution in [0.25, 0.3) is 17.1 Å². The summed E-state index contributed by atoms with van der Waals surface area (Å²) in [5.74, 6) is -8.55. The number of nitrogens with zero attached hydrogens (tertiary/aromatic N) is 6. The predicted molar refractivity (Wildman–Crippen MR) is 360 cm³/mol. The van der Waals surface area contributed by atoms with Crippen LogP contribution in [0.3, 0.4) is 0 Å². The second-order valence-corrected chi connectivity index (χ2v) is 30.4. The van der Waals surface area contributed by atoms with Gasteiger partial charge in [0.15, 0.2) is 17.2 Å². The van der Waals surface area contributed by atoms with Crippen LogP contribution in [0, 0.1) is 11.3 Å². The third-order valence-corrected chi connectivity index (χ3v) is 22.3. The maximum Gasteiger partial charge on any atom is 0.408 e. The predicted octanol–water partition coefficient (Wildman–Crippen LogP) is 3.21. The number of aromatic hydroxyl groups is 2. The summed E-state index contributed by atoms with van der Waals surface area (Å²) in [4.78, 5) is 116. The monoisotopic (exact) mass is 1430 g/mol. The average Bonchev–Trinajstić information content (AvgIpc) is 0.725. The van der Waals surface area contributed by atoms with Crippen molar-refractivity contribution in [1.29, 1.82) is 0 Å². The number of aromatic nitrogens is 3. The molecule has 11 rings (SSSR count). The number of piperazine rings is 2. The standard InChI is InChI=1S/C71H86N8O22S/c1-39(2)46-31-47(50(82)32-49(46)81)62-73-74-66(91)79(62)45-21-19-42(20-22-45)37-75-23-27-77(28-24-75)102(94,95)78-29-25-76(26-30-78)63(88)51(83)33-55(85)98-58(56(43-15-11-9-12-16-43)72-67(92)101-68(5,6)7)65(90)97-52-36-70(93)35-48(40(52)3)57(86)60(87)69(8)53(84)34-54-71(38-96-54,100-41(4)80)59(69)61(70)99-64(89)44-17-13-10-14-18-44/h9-22,31-32,39,51-54,56-59,61,81-84,86,93H,23-30,33-38H2,1-8H3,(H,72,92)(H,74,91)/t51-,52+,53+,54-,56+,57-,58-,59+,61+,69-,70-,71+/m1/s1. The van der Waals surface area contributed by atoms with Crippen LogP contribution in [0.2, 0.25) is 0 Å². The number of esters is 4. The van der Waals surface area contributed by atoms with Crippen LogP contribution in [0.15, 0.2) is 113 Å². The highest BCUT2D eigenvalue weighted by atomic mass is 32.2. The second-order valence-electron chi connectivity index (χ2n) is 28.4. The molecule has 30 nitrogen and oxygen atoms in total. The minimum absolute atomic E-state index is 0.000922. The van der Waals surface area contributed by atoms with Crippen LogP contribution in [0.5, 0.6) is 11.5 Å². The molecule has 3 aliphatic heterocycles. The van der Waals surface area contributed by atoms with Gasteiger partial charge < -0.3 is 69.3 Å². The summed E-state index contributed by atoms with van der Waals surface area (Å²) < 4.78 is 68.0. The molecule has 548 valence electrons. The molecule has 31 heteroatoms. The van der Waals surface area contributed by atoms with E-state index < -0.39 is 154 Å². The van der Waals surface area contributed by atoms with E-state index in [0.717, 1.165) is 12.5 Å². The number of benzene rings is 4. The van der Waals surface area contributed by atoms with Crippen LogP contribution in [-0.4, -0.2) is 232 Å². The molecule has 4 aromatic carbocycles. The van der Waals surface area contributed by atoms with Crippen LogP contribution in [-0.2, 0) is 69.1 Å². The number of fused-ring (bicyclic) bond motifs is 5. The van der Waals surface area contributed by atoms with Crippen molar-refractivity contribution in [2.45, 2.75) is 159 Å². The third-order valence-electron chi connectivity index (χ3n) is 20.2. The van der Waals surface area contributed by atoms with Crippen molar-refractivity contribution < 1.29 is 101 Å². The SMILES string of the molecule is CC(=O)O[C@@]12CO[C@@H]1C[C@H](O)[C@@]1(C)C(=O)[C@H](O)C3=C(C)[C@@H](OC(=O)[C@H](OC(=O)C[C@@H](O)C(=O)N4CCN(S(=O)(=O)N5CCN(Cc6ccc(-n7c(-c8cc(C(C)C)c(O)cc8O)n[nH]c7=O)cc6)CC5)CC4)[C@@H](NC(=O)OC(C)(C)C)c4ccccc4)C[C@](O)(C3)[C@@H](OC(=O)c3ccccc3)[C@H]21. The smallest absolute Gasteiger partial charge is 0.408 e. The molecule has 12 atom stereocenters. The van der Waals surface area contributed by atoms with E-state index >= 15 is 9.59 Å². The highest BCUT2D eigenvalue weighted by Crippen LogP contribution is 2.61. The van der Waals surface area contributed by atoms with E-state index in [1.54, 1.807) is 75.4 Å². The van der Waals surface area contributed by atoms with Crippen molar-refractivity contribution in [1.82, 2.24) is 38.5 Å². The molecule has 102 heavy (non-hydrogen) atoms.